The van der Waals surface area contributed by atoms with Crippen molar-refractivity contribution in [1.82, 2.24) is 5.32 Å². The first-order chi connectivity index (χ1) is 12.7. The summed E-state index contributed by atoms with van der Waals surface area (Å²) in [5, 5.41) is 5.03. The smallest absolute Gasteiger partial charge is 0.0811 e. The lowest BCUT2D eigenvalue weighted by Crippen LogP contribution is -2.36. The highest BCUT2D eigenvalue weighted by Crippen LogP contribution is 2.15. The molecule has 0 atom stereocenters. The van der Waals surface area contributed by atoms with Crippen LogP contribution in [-0.4, -0.2) is 13.2 Å². The maximum atomic E-state index is 5.78. The molecule has 0 aromatic heterocycles. The Morgan fingerprint density at radius 1 is 0.962 bits per heavy atom. The fourth-order valence-electron chi connectivity index (χ4n) is 3.06. The van der Waals surface area contributed by atoms with Crippen LogP contribution in [0.4, 0.5) is 5.69 Å². The first kappa shape index (κ1) is 22.5. The zero-order valence-electron chi connectivity index (χ0n) is 16.8. The molecule has 0 unspecified atom stereocenters. The number of nitrogens with two attached hydrogens (primary N) is 2. The summed E-state index contributed by atoms with van der Waals surface area (Å²) in [7, 11) is 0. The summed E-state index contributed by atoms with van der Waals surface area (Å²) in [4.78, 5) is 0. The van der Waals surface area contributed by atoms with Crippen molar-refractivity contribution in [1.29, 1.82) is 0 Å². The van der Waals surface area contributed by atoms with Gasteiger partial charge in [0.2, 0.25) is 0 Å². The van der Waals surface area contributed by atoms with Crippen LogP contribution in [0.25, 0.3) is 0 Å². The Bertz CT molecular complexity index is 470. The predicted octanol–water partition coefficient (Wildman–Crippen LogP) is 4.85. The Hall–Kier alpha value is -1.52. The molecule has 0 saturated heterocycles. The molecule has 1 rings (SSSR count). The van der Waals surface area contributed by atoms with Gasteiger partial charge in [-0.15, -0.1) is 0 Å². The Kier molecular flexibility index (Phi) is 12.7. The number of anilines is 1. The van der Waals surface area contributed by atoms with E-state index in [-0.39, 0.29) is 0 Å². The van der Waals surface area contributed by atoms with Crippen LogP contribution in [0, 0.1) is 0 Å². The third kappa shape index (κ3) is 10.5. The van der Waals surface area contributed by atoms with Crippen LogP contribution in [0.5, 0.6) is 0 Å². The molecule has 0 radical (unpaired) electrons. The monoisotopic (exact) mass is 360 g/mol. The van der Waals surface area contributed by atoms with Crippen molar-refractivity contribution in [2.24, 2.45) is 11.6 Å². The van der Waals surface area contributed by atoms with E-state index in [1.807, 2.05) is 12.1 Å². The van der Waals surface area contributed by atoms with Crippen molar-refractivity contribution >= 4 is 5.69 Å². The van der Waals surface area contributed by atoms with Gasteiger partial charge in [-0.05, 0) is 49.8 Å². The third-order valence-corrected chi connectivity index (χ3v) is 4.81. The average Bonchev–Trinajstić information content (AvgIpc) is 2.67. The van der Waals surface area contributed by atoms with Crippen LogP contribution >= 0.6 is 0 Å². The van der Waals surface area contributed by atoms with Gasteiger partial charge < -0.3 is 11.1 Å². The van der Waals surface area contributed by atoms with E-state index in [4.69, 9.17) is 11.6 Å². The highest BCUT2D eigenvalue weighted by atomic mass is 15.4. The number of hydrogen-bond acceptors (Lipinski definition) is 4. The third-order valence-electron chi connectivity index (χ3n) is 4.81. The Morgan fingerprint density at radius 2 is 1.62 bits per heavy atom. The maximum Gasteiger partial charge on any atom is 0.0811 e. The van der Waals surface area contributed by atoms with Gasteiger partial charge in [0.05, 0.1) is 12.4 Å². The summed E-state index contributed by atoms with van der Waals surface area (Å²) >= 11 is 0. The molecule has 0 amide bonds. The molecule has 0 heterocycles. The number of nitrogens with zero attached hydrogens (tertiary/aromatic N) is 1. The lowest BCUT2D eigenvalue weighted by Gasteiger charge is -2.16. The molecule has 1 aromatic carbocycles. The number of unbranched alkanes of at least 4 members (excludes halogenated alkanes) is 7. The summed E-state index contributed by atoms with van der Waals surface area (Å²) in [5.41, 5.74) is 9.08. The molecule has 5 N–H and O–H groups in total. The molecule has 0 aliphatic heterocycles. The van der Waals surface area contributed by atoms with E-state index >= 15 is 0 Å². The number of rotatable bonds is 16. The van der Waals surface area contributed by atoms with Crippen LogP contribution < -0.4 is 21.9 Å². The van der Waals surface area contributed by atoms with E-state index in [1.165, 1.54) is 69.0 Å². The van der Waals surface area contributed by atoms with Crippen LogP contribution in [0.2, 0.25) is 0 Å². The Morgan fingerprint density at radius 3 is 2.31 bits per heavy atom. The number of nitrogens with one attached hydrogen (secondary N) is 1. The van der Waals surface area contributed by atoms with Gasteiger partial charge in [-0.3, -0.25) is 5.01 Å². The molecule has 0 spiro atoms. The van der Waals surface area contributed by atoms with Gasteiger partial charge in [-0.25, -0.2) is 5.84 Å². The molecular weight excluding hydrogens is 320 g/mol. The van der Waals surface area contributed by atoms with Gasteiger partial charge in [0.25, 0.3) is 0 Å². The maximum absolute atomic E-state index is 5.78. The molecule has 0 aliphatic rings. The van der Waals surface area contributed by atoms with Crippen LogP contribution in [0.3, 0.4) is 0 Å². The van der Waals surface area contributed by atoms with Crippen LogP contribution in [0.15, 0.2) is 36.5 Å². The number of hydrogen-bond donors (Lipinski definition) is 3. The van der Waals surface area contributed by atoms with Crippen molar-refractivity contribution in [3.05, 3.63) is 42.1 Å². The molecule has 4 nitrogen and oxygen atoms in total. The van der Waals surface area contributed by atoms with Crippen LogP contribution in [-0.2, 0) is 6.42 Å². The van der Waals surface area contributed by atoms with E-state index < -0.39 is 0 Å². The van der Waals surface area contributed by atoms with E-state index in [9.17, 15) is 0 Å². The van der Waals surface area contributed by atoms with Crippen LogP contribution in [0.1, 0.15) is 76.7 Å². The summed E-state index contributed by atoms with van der Waals surface area (Å²) in [6.07, 6.45) is 13.9. The number of hydrazine groups is 1. The normalized spacial score (nSPS) is 10.7. The lowest BCUT2D eigenvalue weighted by molar-refractivity contribution is 0.589. The molecule has 0 saturated carbocycles. The Balaban J connectivity index is 1.99. The molecule has 1 aromatic rings. The molecule has 0 aliphatic carbocycles. The first-order valence-corrected chi connectivity index (χ1v) is 10.4. The van der Waals surface area contributed by atoms with Crippen molar-refractivity contribution in [2.45, 2.75) is 77.6 Å². The molecule has 26 heavy (non-hydrogen) atoms. The largest absolute Gasteiger partial charge is 0.389 e. The molecule has 148 valence electrons. The van der Waals surface area contributed by atoms with Gasteiger partial charge >= 0.3 is 0 Å². The Labute approximate surface area is 161 Å². The minimum absolute atomic E-state index is 0.332. The topological polar surface area (TPSA) is 67.3 Å². The summed E-state index contributed by atoms with van der Waals surface area (Å²) in [5.74, 6) is 5.78. The van der Waals surface area contributed by atoms with Crippen molar-refractivity contribution in [2.75, 3.05) is 18.2 Å². The minimum atomic E-state index is 0.332. The van der Waals surface area contributed by atoms with Gasteiger partial charge in [-0.1, -0.05) is 64.2 Å². The minimum Gasteiger partial charge on any atom is -0.389 e. The van der Waals surface area contributed by atoms with E-state index in [0.717, 1.165) is 25.1 Å². The second kappa shape index (κ2) is 14.6. The lowest BCUT2D eigenvalue weighted by atomic mass is 10.0. The van der Waals surface area contributed by atoms with Gasteiger partial charge in [0, 0.05) is 12.2 Å². The molecule has 0 fully saturated rings. The number of allylic oxidation sites excluding steroid dienone is 1. The van der Waals surface area contributed by atoms with Gasteiger partial charge in [0.1, 0.15) is 0 Å². The number of aryl methyl sites for hydroxylation is 1. The van der Waals surface area contributed by atoms with Gasteiger partial charge in [-0.2, -0.15) is 0 Å². The second-order valence-corrected chi connectivity index (χ2v) is 7.18. The molecule has 4 heteroatoms. The van der Waals surface area contributed by atoms with Crippen molar-refractivity contribution in [3.63, 3.8) is 0 Å². The SMILES string of the molecule is C=C(CCCCCCc1ccc(N(N)CN)cc1)NCCCCCCC. The fourth-order valence-corrected chi connectivity index (χ4v) is 3.06. The molecule has 0 bridgehead atoms. The van der Waals surface area contributed by atoms with E-state index in [1.54, 1.807) is 5.01 Å². The van der Waals surface area contributed by atoms with E-state index in [2.05, 4.69) is 31.0 Å². The highest BCUT2D eigenvalue weighted by molar-refractivity contribution is 5.45. The van der Waals surface area contributed by atoms with Crippen molar-refractivity contribution < 1.29 is 0 Å². The average molecular weight is 361 g/mol. The fraction of sp³-hybridized carbons (Fsp3) is 0.636. The van der Waals surface area contributed by atoms with E-state index in [0.29, 0.717) is 6.67 Å². The standard InChI is InChI=1S/C22H40N4/c1-3-4-5-8-11-18-25-20(2)12-9-6-7-10-13-21-14-16-22(17-15-21)26(24)19-23/h14-17,25H,2-13,18-19,23-24H2,1H3. The number of benzene rings is 1. The zero-order valence-corrected chi connectivity index (χ0v) is 16.8. The summed E-state index contributed by atoms with van der Waals surface area (Å²) in [6.45, 7) is 7.82. The quantitative estimate of drug-likeness (QED) is 0.171. The first-order valence-electron chi connectivity index (χ1n) is 10.4. The zero-order chi connectivity index (χ0) is 19.0. The summed E-state index contributed by atoms with van der Waals surface area (Å²) < 4.78 is 0. The van der Waals surface area contributed by atoms with Gasteiger partial charge in [0.15, 0.2) is 0 Å². The molecular formula is C22H40N4. The predicted molar refractivity (Wildman–Crippen MR) is 115 cm³/mol. The van der Waals surface area contributed by atoms with Crippen molar-refractivity contribution in [3.8, 4) is 0 Å². The summed E-state index contributed by atoms with van der Waals surface area (Å²) in [6, 6.07) is 8.38. The highest BCUT2D eigenvalue weighted by Gasteiger charge is 2.00. The second-order valence-electron chi connectivity index (χ2n) is 7.18.